The molecule has 0 aliphatic carbocycles. The van der Waals surface area contributed by atoms with Gasteiger partial charge in [-0.1, -0.05) is 0 Å². The van der Waals surface area contributed by atoms with Crippen LogP contribution in [0.3, 0.4) is 0 Å². The Labute approximate surface area is 112 Å². The van der Waals surface area contributed by atoms with Gasteiger partial charge in [0.15, 0.2) is 0 Å². The number of anilines is 1. The highest BCUT2D eigenvalue weighted by atomic mass is 16.5. The number of hydrogen-bond acceptors (Lipinski definition) is 5. The number of benzene rings is 1. The maximum absolute atomic E-state index is 5.69. The lowest BCUT2D eigenvalue weighted by molar-refractivity contribution is 0.321. The Balaban J connectivity index is 2.17. The summed E-state index contributed by atoms with van der Waals surface area (Å²) in [4.78, 5) is 8.39. The first-order valence-electron chi connectivity index (χ1n) is 6.15. The summed E-state index contributed by atoms with van der Waals surface area (Å²) in [6, 6.07) is 9.31. The van der Waals surface area contributed by atoms with Gasteiger partial charge in [-0.3, -0.25) is 0 Å². The van der Waals surface area contributed by atoms with Crippen molar-refractivity contribution >= 4 is 5.69 Å². The summed E-state index contributed by atoms with van der Waals surface area (Å²) in [5.74, 6) is 2.34. The second-order valence-electron chi connectivity index (χ2n) is 3.90. The smallest absolute Gasteiger partial charge is 0.226 e. The van der Waals surface area contributed by atoms with E-state index in [1.807, 2.05) is 38.2 Å². The molecule has 100 valence electrons. The second-order valence-corrected chi connectivity index (χ2v) is 3.90. The minimum Gasteiger partial charge on any atom is -0.478 e. The van der Waals surface area contributed by atoms with Gasteiger partial charge in [0, 0.05) is 12.7 Å². The Hall–Kier alpha value is -2.30. The largest absolute Gasteiger partial charge is 0.478 e. The van der Waals surface area contributed by atoms with E-state index in [0.29, 0.717) is 24.2 Å². The minimum atomic E-state index is 0.480. The Morgan fingerprint density at radius 2 is 1.79 bits per heavy atom. The van der Waals surface area contributed by atoms with E-state index in [0.717, 1.165) is 11.4 Å². The molecule has 0 atom stereocenters. The first-order valence-corrected chi connectivity index (χ1v) is 6.15. The molecule has 0 spiro atoms. The topological polar surface area (TPSA) is 56.3 Å². The standard InChI is InChI=1S/C14H17N3O2/c1-4-18-13-9-14(17-10(2)16-13)19-12-7-5-11(15-3)6-8-12/h5-9,15H,4H2,1-3H3. The lowest BCUT2D eigenvalue weighted by Crippen LogP contribution is -1.99. The Morgan fingerprint density at radius 3 is 2.42 bits per heavy atom. The Kier molecular flexibility index (Phi) is 4.18. The van der Waals surface area contributed by atoms with Crippen LogP contribution < -0.4 is 14.8 Å². The zero-order valence-corrected chi connectivity index (χ0v) is 11.3. The molecule has 0 aliphatic rings. The van der Waals surface area contributed by atoms with E-state index in [-0.39, 0.29) is 0 Å². The predicted molar refractivity (Wildman–Crippen MR) is 74.0 cm³/mol. The van der Waals surface area contributed by atoms with Gasteiger partial charge in [-0.05, 0) is 38.1 Å². The molecule has 1 aromatic heterocycles. The number of aryl methyl sites for hydroxylation is 1. The number of hydrogen-bond donors (Lipinski definition) is 1. The summed E-state index contributed by atoms with van der Waals surface area (Å²) in [7, 11) is 1.87. The second kappa shape index (κ2) is 6.04. The maximum Gasteiger partial charge on any atom is 0.226 e. The van der Waals surface area contributed by atoms with Crippen molar-refractivity contribution in [2.75, 3.05) is 19.0 Å². The van der Waals surface area contributed by atoms with Crippen molar-refractivity contribution in [1.82, 2.24) is 9.97 Å². The summed E-state index contributed by atoms with van der Waals surface area (Å²) in [5.41, 5.74) is 1.03. The van der Waals surface area contributed by atoms with Gasteiger partial charge in [0.25, 0.3) is 0 Å². The van der Waals surface area contributed by atoms with Crippen LogP contribution in [0.25, 0.3) is 0 Å². The van der Waals surface area contributed by atoms with Gasteiger partial charge in [-0.2, -0.15) is 9.97 Å². The van der Waals surface area contributed by atoms with E-state index in [1.165, 1.54) is 0 Å². The molecule has 0 fully saturated rings. The van der Waals surface area contributed by atoms with Crippen molar-refractivity contribution in [2.45, 2.75) is 13.8 Å². The molecule has 2 aromatic rings. The molecule has 19 heavy (non-hydrogen) atoms. The number of aromatic nitrogens is 2. The lowest BCUT2D eigenvalue weighted by atomic mass is 10.3. The number of rotatable bonds is 5. The number of nitrogens with one attached hydrogen (secondary N) is 1. The van der Waals surface area contributed by atoms with Crippen molar-refractivity contribution < 1.29 is 9.47 Å². The molecule has 5 heteroatoms. The van der Waals surface area contributed by atoms with Gasteiger partial charge in [0.1, 0.15) is 11.6 Å². The van der Waals surface area contributed by atoms with Crippen molar-refractivity contribution in [3.8, 4) is 17.5 Å². The summed E-state index contributed by atoms with van der Waals surface area (Å²) >= 11 is 0. The van der Waals surface area contributed by atoms with Crippen molar-refractivity contribution in [1.29, 1.82) is 0 Å². The third kappa shape index (κ3) is 3.58. The Morgan fingerprint density at radius 1 is 1.11 bits per heavy atom. The van der Waals surface area contributed by atoms with Crippen LogP contribution in [-0.4, -0.2) is 23.6 Å². The fourth-order valence-corrected chi connectivity index (χ4v) is 1.60. The molecule has 2 rings (SSSR count). The van der Waals surface area contributed by atoms with E-state index in [1.54, 1.807) is 13.0 Å². The molecule has 0 saturated heterocycles. The SMILES string of the molecule is CCOc1cc(Oc2ccc(NC)cc2)nc(C)n1. The lowest BCUT2D eigenvalue weighted by Gasteiger charge is -2.08. The van der Waals surface area contributed by atoms with Crippen LogP contribution in [0, 0.1) is 6.92 Å². The molecular formula is C14H17N3O2. The molecule has 0 saturated carbocycles. The third-order valence-corrected chi connectivity index (χ3v) is 2.45. The summed E-state index contributed by atoms with van der Waals surface area (Å²) < 4.78 is 11.0. The predicted octanol–water partition coefficient (Wildman–Crippen LogP) is 3.02. The van der Waals surface area contributed by atoms with Gasteiger partial charge < -0.3 is 14.8 Å². The quantitative estimate of drug-likeness (QED) is 0.894. The van der Waals surface area contributed by atoms with E-state index in [2.05, 4.69) is 15.3 Å². The molecule has 5 nitrogen and oxygen atoms in total. The van der Waals surface area contributed by atoms with Crippen LogP contribution >= 0.6 is 0 Å². The minimum absolute atomic E-state index is 0.480. The summed E-state index contributed by atoms with van der Waals surface area (Å²) in [6.07, 6.45) is 0. The van der Waals surface area contributed by atoms with Gasteiger partial charge in [-0.25, -0.2) is 0 Å². The fourth-order valence-electron chi connectivity index (χ4n) is 1.60. The van der Waals surface area contributed by atoms with Gasteiger partial charge in [-0.15, -0.1) is 0 Å². The highest BCUT2D eigenvalue weighted by Gasteiger charge is 2.05. The van der Waals surface area contributed by atoms with Crippen molar-refractivity contribution in [3.05, 3.63) is 36.2 Å². The first kappa shape index (κ1) is 13.1. The van der Waals surface area contributed by atoms with E-state index < -0.39 is 0 Å². The zero-order valence-electron chi connectivity index (χ0n) is 11.3. The van der Waals surface area contributed by atoms with Crippen molar-refractivity contribution in [2.24, 2.45) is 0 Å². The molecule has 0 radical (unpaired) electrons. The number of ether oxygens (including phenoxy) is 2. The van der Waals surface area contributed by atoms with Crippen LogP contribution in [0.1, 0.15) is 12.7 Å². The first-order chi connectivity index (χ1) is 9.21. The average Bonchev–Trinajstić information content (AvgIpc) is 2.39. The molecule has 0 unspecified atom stereocenters. The molecule has 0 amide bonds. The summed E-state index contributed by atoms with van der Waals surface area (Å²) in [6.45, 7) is 4.28. The van der Waals surface area contributed by atoms with Crippen LogP contribution in [0.5, 0.6) is 17.5 Å². The van der Waals surface area contributed by atoms with Gasteiger partial charge in [0.05, 0.1) is 12.7 Å². The third-order valence-electron chi connectivity index (χ3n) is 2.45. The van der Waals surface area contributed by atoms with E-state index in [9.17, 15) is 0 Å². The molecule has 1 N–H and O–H groups in total. The van der Waals surface area contributed by atoms with Crippen LogP contribution in [0.15, 0.2) is 30.3 Å². The van der Waals surface area contributed by atoms with Crippen LogP contribution in [-0.2, 0) is 0 Å². The highest BCUT2D eigenvalue weighted by Crippen LogP contribution is 2.23. The maximum atomic E-state index is 5.69. The normalized spacial score (nSPS) is 10.1. The highest BCUT2D eigenvalue weighted by molar-refractivity contribution is 5.46. The summed E-state index contributed by atoms with van der Waals surface area (Å²) in [5, 5.41) is 3.05. The van der Waals surface area contributed by atoms with Gasteiger partial charge in [0.2, 0.25) is 11.8 Å². The molecule has 1 aromatic carbocycles. The fraction of sp³-hybridized carbons (Fsp3) is 0.286. The zero-order chi connectivity index (χ0) is 13.7. The molecule has 1 heterocycles. The van der Waals surface area contributed by atoms with E-state index >= 15 is 0 Å². The number of nitrogens with zero attached hydrogens (tertiary/aromatic N) is 2. The Bertz CT molecular complexity index is 541. The van der Waals surface area contributed by atoms with Crippen molar-refractivity contribution in [3.63, 3.8) is 0 Å². The van der Waals surface area contributed by atoms with Crippen LogP contribution in [0.4, 0.5) is 5.69 Å². The monoisotopic (exact) mass is 259 g/mol. The average molecular weight is 259 g/mol. The molecule has 0 aliphatic heterocycles. The van der Waals surface area contributed by atoms with E-state index in [4.69, 9.17) is 9.47 Å². The van der Waals surface area contributed by atoms with Gasteiger partial charge >= 0.3 is 0 Å². The molecular weight excluding hydrogens is 242 g/mol. The molecule has 0 bridgehead atoms. The van der Waals surface area contributed by atoms with Crippen LogP contribution in [0.2, 0.25) is 0 Å².